The van der Waals surface area contributed by atoms with Crippen LogP contribution in [0.25, 0.3) is 26.9 Å². The van der Waals surface area contributed by atoms with Gasteiger partial charge in [-0.3, -0.25) is 10.1 Å². The van der Waals surface area contributed by atoms with Gasteiger partial charge in [-0.2, -0.15) is 0 Å². The van der Waals surface area contributed by atoms with Crippen molar-refractivity contribution in [3.8, 4) is 10.6 Å². The highest BCUT2D eigenvalue weighted by atomic mass is 35.5. The third-order valence-electron chi connectivity index (χ3n) is 4.21. The average Bonchev–Trinajstić information content (AvgIpc) is 3.17. The van der Waals surface area contributed by atoms with Crippen molar-refractivity contribution in [3.05, 3.63) is 89.5 Å². The Morgan fingerprint density at radius 3 is 2.57 bits per heavy atom. The molecule has 0 aliphatic heterocycles. The summed E-state index contributed by atoms with van der Waals surface area (Å²) in [5, 5.41) is 7.21. The first-order valence-corrected chi connectivity index (χ1v) is 10.7. The monoisotopic (exact) mass is 449 g/mol. The Balaban J connectivity index is 1.41. The van der Waals surface area contributed by atoms with Crippen LogP contribution in [-0.4, -0.2) is 16.0 Å². The molecule has 0 saturated heterocycles. The van der Waals surface area contributed by atoms with E-state index < -0.39 is 0 Å². The van der Waals surface area contributed by atoms with Crippen molar-refractivity contribution in [2.75, 3.05) is 5.32 Å². The van der Waals surface area contributed by atoms with E-state index in [2.05, 4.69) is 15.6 Å². The molecule has 4 nitrogen and oxygen atoms in total. The van der Waals surface area contributed by atoms with Gasteiger partial charge < -0.3 is 5.32 Å². The average molecular weight is 450 g/mol. The Bertz CT molecular complexity index is 1220. The maximum Gasteiger partial charge on any atom is 0.250 e. The number of benzene rings is 3. The molecule has 7 heteroatoms. The smallest absolute Gasteiger partial charge is 0.250 e. The Hall–Kier alpha value is -3.06. The third-order valence-corrected chi connectivity index (χ3v) is 5.80. The molecular weight excluding hydrogens is 434 g/mol. The first-order valence-electron chi connectivity index (χ1n) is 9.09. The third kappa shape index (κ3) is 4.91. The molecule has 0 atom stereocenters. The fourth-order valence-corrected chi connectivity index (χ4v) is 4.36. The summed E-state index contributed by atoms with van der Waals surface area (Å²) in [4.78, 5) is 16.7. The molecule has 4 rings (SSSR count). The van der Waals surface area contributed by atoms with E-state index in [1.165, 1.54) is 6.08 Å². The predicted octanol–water partition coefficient (Wildman–Crippen LogP) is 6.14. The van der Waals surface area contributed by atoms with E-state index in [-0.39, 0.29) is 11.0 Å². The van der Waals surface area contributed by atoms with Crippen LogP contribution in [0, 0.1) is 0 Å². The van der Waals surface area contributed by atoms with Crippen LogP contribution in [0.2, 0.25) is 5.02 Å². The highest BCUT2D eigenvalue weighted by molar-refractivity contribution is 7.80. The van der Waals surface area contributed by atoms with Gasteiger partial charge in [-0.25, -0.2) is 4.98 Å². The van der Waals surface area contributed by atoms with Crippen molar-refractivity contribution in [1.82, 2.24) is 10.3 Å². The second-order valence-corrected chi connectivity index (χ2v) is 8.21. The minimum Gasteiger partial charge on any atom is -0.332 e. The number of nitrogens with one attached hydrogen (secondary N) is 2. The molecule has 0 unspecified atom stereocenters. The van der Waals surface area contributed by atoms with E-state index in [1.807, 2.05) is 66.7 Å². The van der Waals surface area contributed by atoms with E-state index >= 15 is 0 Å². The lowest BCUT2D eigenvalue weighted by atomic mass is 10.2. The number of anilines is 1. The zero-order valence-corrected chi connectivity index (χ0v) is 18.0. The molecule has 0 aliphatic carbocycles. The molecule has 30 heavy (non-hydrogen) atoms. The van der Waals surface area contributed by atoms with Gasteiger partial charge in [-0.15, -0.1) is 11.3 Å². The summed E-state index contributed by atoms with van der Waals surface area (Å²) in [7, 11) is 0. The quantitative estimate of drug-likeness (QED) is 0.290. The van der Waals surface area contributed by atoms with E-state index in [9.17, 15) is 4.79 Å². The number of aromatic nitrogens is 1. The Kier molecular flexibility index (Phi) is 6.18. The number of fused-ring (bicyclic) bond motifs is 1. The molecule has 0 spiro atoms. The molecule has 0 saturated carbocycles. The lowest BCUT2D eigenvalue weighted by molar-refractivity contribution is -0.115. The molecule has 3 aromatic carbocycles. The van der Waals surface area contributed by atoms with E-state index in [4.69, 9.17) is 23.8 Å². The van der Waals surface area contributed by atoms with Gasteiger partial charge in [0.25, 0.3) is 0 Å². The van der Waals surface area contributed by atoms with Crippen molar-refractivity contribution >= 4 is 68.2 Å². The van der Waals surface area contributed by atoms with Gasteiger partial charge in [-0.1, -0.05) is 54.1 Å². The summed E-state index contributed by atoms with van der Waals surface area (Å²) in [5.74, 6) is -0.312. The first-order chi connectivity index (χ1) is 14.6. The molecule has 1 aromatic heterocycles. The van der Waals surface area contributed by atoms with Crippen LogP contribution in [0.4, 0.5) is 5.69 Å². The van der Waals surface area contributed by atoms with Crippen molar-refractivity contribution in [2.24, 2.45) is 0 Å². The number of carbonyl (C=O) groups excluding carboxylic acids is 1. The maximum atomic E-state index is 12.0. The summed E-state index contributed by atoms with van der Waals surface area (Å²) in [5.41, 5.74) is 3.42. The predicted molar refractivity (Wildman–Crippen MR) is 130 cm³/mol. The lowest BCUT2D eigenvalue weighted by Gasteiger charge is -2.10. The van der Waals surface area contributed by atoms with E-state index in [1.54, 1.807) is 23.5 Å². The number of carbonyl (C=O) groups is 1. The summed E-state index contributed by atoms with van der Waals surface area (Å²) in [6.07, 6.45) is 3.16. The molecule has 4 aromatic rings. The summed E-state index contributed by atoms with van der Waals surface area (Å²) < 4.78 is 1.11. The second-order valence-electron chi connectivity index (χ2n) is 6.37. The summed E-state index contributed by atoms with van der Waals surface area (Å²) >= 11 is 13.3. The maximum absolute atomic E-state index is 12.0. The van der Waals surface area contributed by atoms with Crippen LogP contribution in [0.3, 0.4) is 0 Å². The number of halogens is 1. The molecule has 148 valence electrons. The van der Waals surface area contributed by atoms with E-state index in [0.29, 0.717) is 10.7 Å². The summed E-state index contributed by atoms with van der Waals surface area (Å²) in [6.45, 7) is 0. The van der Waals surface area contributed by atoms with Crippen LogP contribution in [0.5, 0.6) is 0 Å². The highest BCUT2D eigenvalue weighted by Crippen LogP contribution is 2.35. The number of thiocarbonyl (C=S) groups is 1. The first kappa shape index (κ1) is 20.2. The Morgan fingerprint density at radius 1 is 1.03 bits per heavy atom. The zero-order chi connectivity index (χ0) is 20.9. The van der Waals surface area contributed by atoms with Crippen LogP contribution in [-0.2, 0) is 4.79 Å². The van der Waals surface area contributed by atoms with Crippen LogP contribution in [0.1, 0.15) is 5.56 Å². The Labute approximate surface area is 188 Å². The second kappa shape index (κ2) is 9.17. The van der Waals surface area contributed by atoms with Gasteiger partial charge in [0, 0.05) is 17.3 Å². The van der Waals surface area contributed by atoms with Crippen molar-refractivity contribution in [2.45, 2.75) is 0 Å². The zero-order valence-electron chi connectivity index (χ0n) is 15.6. The van der Waals surface area contributed by atoms with Crippen LogP contribution in [0.15, 0.2) is 78.9 Å². The number of amides is 1. The summed E-state index contributed by atoms with van der Waals surface area (Å²) in [6, 6.07) is 23.0. The van der Waals surface area contributed by atoms with Gasteiger partial charge in [0.15, 0.2) is 5.11 Å². The normalized spacial score (nSPS) is 11.0. The number of rotatable bonds is 4. The molecule has 1 amide bonds. The number of nitrogens with zero attached hydrogens (tertiary/aromatic N) is 1. The van der Waals surface area contributed by atoms with Gasteiger partial charge in [-0.05, 0) is 54.2 Å². The number of thiazole rings is 1. The molecule has 0 radical (unpaired) electrons. The van der Waals surface area contributed by atoms with Gasteiger partial charge in [0.2, 0.25) is 5.91 Å². The van der Waals surface area contributed by atoms with Crippen molar-refractivity contribution < 1.29 is 4.79 Å². The molecule has 1 heterocycles. The molecule has 0 bridgehead atoms. The fraction of sp³-hybridized carbons (Fsp3) is 0. The van der Waals surface area contributed by atoms with Crippen molar-refractivity contribution in [3.63, 3.8) is 0 Å². The van der Waals surface area contributed by atoms with E-state index in [0.717, 1.165) is 26.4 Å². The molecule has 0 fully saturated rings. The topological polar surface area (TPSA) is 54.0 Å². The fourth-order valence-electron chi connectivity index (χ4n) is 2.81. The van der Waals surface area contributed by atoms with Crippen LogP contribution < -0.4 is 10.6 Å². The minimum atomic E-state index is -0.312. The minimum absolute atomic E-state index is 0.196. The molecule has 0 aliphatic rings. The van der Waals surface area contributed by atoms with Crippen molar-refractivity contribution in [1.29, 1.82) is 0 Å². The number of hydrogen-bond acceptors (Lipinski definition) is 4. The lowest BCUT2D eigenvalue weighted by Crippen LogP contribution is -2.32. The van der Waals surface area contributed by atoms with Gasteiger partial charge >= 0.3 is 0 Å². The number of hydrogen-bond donors (Lipinski definition) is 2. The molecule has 2 N–H and O–H groups in total. The van der Waals surface area contributed by atoms with Gasteiger partial charge in [0.05, 0.1) is 15.2 Å². The van der Waals surface area contributed by atoms with Crippen LogP contribution >= 0.6 is 35.2 Å². The van der Waals surface area contributed by atoms with Gasteiger partial charge in [0.1, 0.15) is 5.01 Å². The standard InChI is InChI=1S/C23H16ClN3OS2/c24-18-14-16(11-12-17(18)22-26-19-8-4-5-9-20(19)30-22)25-23(29)27-21(28)13-10-15-6-2-1-3-7-15/h1-14H,(H2,25,27,28,29)/b13-10+. The Morgan fingerprint density at radius 2 is 1.80 bits per heavy atom. The largest absolute Gasteiger partial charge is 0.332 e. The number of para-hydroxylation sites is 1. The SMILES string of the molecule is O=C(/C=C/c1ccccc1)NC(=S)Nc1ccc(-c2nc3ccccc3s2)c(Cl)c1. The molecular formula is C23H16ClN3OS2. The highest BCUT2D eigenvalue weighted by Gasteiger charge is 2.11.